The van der Waals surface area contributed by atoms with Crippen LogP contribution in [-0.4, -0.2) is 40.0 Å². The molecule has 4 nitrogen and oxygen atoms in total. The fourth-order valence-electron chi connectivity index (χ4n) is 2.93. The molecule has 1 aliphatic rings. The van der Waals surface area contributed by atoms with Gasteiger partial charge in [0.05, 0.1) is 12.1 Å². The summed E-state index contributed by atoms with van der Waals surface area (Å²) in [7, 11) is 0. The van der Waals surface area contributed by atoms with Gasteiger partial charge >= 0.3 is 0 Å². The summed E-state index contributed by atoms with van der Waals surface area (Å²) in [4.78, 5) is 14.6. The summed E-state index contributed by atoms with van der Waals surface area (Å²) < 4.78 is 0. The first kappa shape index (κ1) is 14.9. The maximum atomic E-state index is 12.3. The molecule has 1 aromatic rings. The number of benzene rings is 1. The summed E-state index contributed by atoms with van der Waals surface area (Å²) in [6.07, 6.45) is 5.78. The van der Waals surface area contributed by atoms with Crippen molar-refractivity contribution in [2.45, 2.75) is 45.1 Å². The SMILES string of the molecule is CCC1CCCCCN1CC(=O)c1ccc(O)cc1O. The van der Waals surface area contributed by atoms with Crippen molar-refractivity contribution in [1.82, 2.24) is 4.90 Å². The molecule has 20 heavy (non-hydrogen) atoms. The molecule has 0 saturated carbocycles. The number of hydrogen-bond donors (Lipinski definition) is 2. The third-order valence-corrected chi connectivity index (χ3v) is 4.10. The summed E-state index contributed by atoms with van der Waals surface area (Å²) in [5.74, 6) is -0.249. The van der Waals surface area contributed by atoms with E-state index in [0.29, 0.717) is 18.2 Å². The monoisotopic (exact) mass is 277 g/mol. The van der Waals surface area contributed by atoms with Gasteiger partial charge in [-0.15, -0.1) is 0 Å². The van der Waals surface area contributed by atoms with Crippen molar-refractivity contribution in [1.29, 1.82) is 0 Å². The maximum absolute atomic E-state index is 12.3. The molecule has 1 atom stereocenters. The Hall–Kier alpha value is -1.55. The second-order valence-electron chi connectivity index (χ2n) is 5.51. The van der Waals surface area contributed by atoms with E-state index in [2.05, 4.69) is 11.8 Å². The van der Waals surface area contributed by atoms with Crippen LogP contribution in [0.5, 0.6) is 11.5 Å². The number of carbonyl (C=O) groups excluding carboxylic acids is 1. The molecule has 0 radical (unpaired) electrons. The number of phenols is 2. The lowest BCUT2D eigenvalue weighted by Gasteiger charge is -2.28. The van der Waals surface area contributed by atoms with Crippen molar-refractivity contribution in [3.05, 3.63) is 23.8 Å². The summed E-state index contributed by atoms with van der Waals surface area (Å²) in [5, 5.41) is 19.0. The van der Waals surface area contributed by atoms with E-state index in [0.717, 1.165) is 25.8 Å². The molecular formula is C16H23NO3. The Kier molecular flexibility index (Phi) is 5.01. The smallest absolute Gasteiger partial charge is 0.180 e. The van der Waals surface area contributed by atoms with Crippen LogP contribution >= 0.6 is 0 Å². The van der Waals surface area contributed by atoms with Crippen LogP contribution in [0, 0.1) is 0 Å². The molecule has 4 heteroatoms. The molecule has 1 saturated heterocycles. The van der Waals surface area contributed by atoms with Gasteiger partial charge in [-0.3, -0.25) is 9.69 Å². The molecule has 0 spiro atoms. The van der Waals surface area contributed by atoms with Gasteiger partial charge in [-0.1, -0.05) is 19.8 Å². The lowest BCUT2D eigenvalue weighted by atomic mass is 10.1. The average molecular weight is 277 g/mol. The van der Waals surface area contributed by atoms with Crippen molar-refractivity contribution < 1.29 is 15.0 Å². The molecule has 2 N–H and O–H groups in total. The average Bonchev–Trinajstić information content (AvgIpc) is 2.63. The molecule has 0 bridgehead atoms. The summed E-state index contributed by atoms with van der Waals surface area (Å²) >= 11 is 0. The summed E-state index contributed by atoms with van der Waals surface area (Å²) in [6, 6.07) is 4.60. The molecule has 1 aliphatic heterocycles. The van der Waals surface area contributed by atoms with Gasteiger partial charge < -0.3 is 10.2 Å². The number of carbonyl (C=O) groups is 1. The normalized spacial score (nSPS) is 20.6. The molecule has 1 unspecified atom stereocenters. The zero-order valence-electron chi connectivity index (χ0n) is 12.0. The molecule has 0 amide bonds. The molecule has 110 valence electrons. The highest BCUT2D eigenvalue weighted by atomic mass is 16.3. The van der Waals surface area contributed by atoms with E-state index >= 15 is 0 Å². The van der Waals surface area contributed by atoms with E-state index in [-0.39, 0.29) is 17.3 Å². The Labute approximate surface area is 120 Å². The van der Waals surface area contributed by atoms with Crippen LogP contribution in [0.3, 0.4) is 0 Å². The van der Waals surface area contributed by atoms with E-state index in [1.165, 1.54) is 31.0 Å². The Bertz CT molecular complexity index is 473. The van der Waals surface area contributed by atoms with Crippen LogP contribution in [0.25, 0.3) is 0 Å². The second-order valence-corrected chi connectivity index (χ2v) is 5.51. The van der Waals surface area contributed by atoms with Crippen LogP contribution in [0.15, 0.2) is 18.2 Å². The van der Waals surface area contributed by atoms with Gasteiger partial charge in [0, 0.05) is 12.1 Å². The van der Waals surface area contributed by atoms with Gasteiger partial charge in [0.25, 0.3) is 0 Å². The number of Topliss-reactive ketones (excluding diaryl/α,β-unsaturated/α-hetero) is 1. The third-order valence-electron chi connectivity index (χ3n) is 4.10. The highest BCUT2D eigenvalue weighted by Gasteiger charge is 2.23. The Morgan fingerprint density at radius 2 is 2.10 bits per heavy atom. The number of rotatable bonds is 4. The van der Waals surface area contributed by atoms with Crippen LogP contribution < -0.4 is 0 Å². The number of hydrogen-bond acceptors (Lipinski definition) is 4. The van der Waals surface area contributed by atoms with Gasteiger partial charge in [-0.05, 0) is 37.9 Å². The Balaban J connectivity index is 2.09. The third kappa shape index (κ3) is 3.51. The largest absolute Gasteiger partial charge is 0.508 e. The van der Waals surface area contributed by atoms with E-state index in [9.17, 15) is 15.0 Å². The van der Waals surface area contributed by atoms with Gasteiger partial charge in [0.2, 0.25) is 0 Å². The number of nitrogens with zero attached hydrogens (tertiary/aromatic N) is 1. The first-order chi connectivity index (χ1) is 9.61. The summed E-state index contributed by atoms with van der Waals surface area (Å²) in [5.41, 5.74) is 0.293. The van der Waals surface area contributed by atoms with Crippen LogP contribution in [-0.2, 0) is 0 Å². The fraction of sp³-hybridized carbons (Fsp3) is 0.562. The van der Waals surface area contributed by atoms with Gasteiger partial charge in [-0.2, -0.15) is 0 Å². The van der Waals surface area contributed by atoms with Crippen molar-refractivity contribution in [2.24, 2.45) is 0 Å². The topological polar surface area (TPSA) is 60.8 Å². The molecule has 0 aliphatic carbocycles. The molecule has 2 rings (SSSR count). The zero-order valence-corrected chi connectivity index (χ0v) is 12.0. The highest BCUT2D eigenvalue weighted by Crippen LogP contribution is 2.24. The van der Waals surface area contributed by atoms with Gasteiger partial charge in [0.15, 0.2) is 5.78 Å². The van der Waals surface area contributed by atoms with Crippen molar-refractivity contribution in [3.63, 3.8) is 0 Å². The number of ketones is 1. The standard InChI is InChI=1S/C16H23NO3/c1-2-12-6-4-3-5-9-17(12)11-16(20)14-8-7-13(18)10-15(14)19/h7-8,10,12,18-19H,2-6,9,11H2,1H3. The lowest BCUT2D eigenvalue weighted by molar-refractivity contribution is 0.0888. The van der Waals surface area contributed by atoms with Crippen LogP contribution in [0.2, 0.25) is 0 Å². The minimum Gasteiger partial charge on any atom is -0.508 e. The number of likely N-dealkylation sites (tertiary alicyclic amines) is 1. The predicted octanol–water partition coefficient (Wildman–Crippen LogP) is 2.94. The molecular weight excluding hydrogens is 254 g/mol. The number of aromatic hydroxyl groups is 2. The quantitative estimate of drug-likeness (QED) is 0.831. The van der Waals surface area contributed by atoms with Crippen molar-refractivity contribution in [2.75, 3.05) is 13.1 Å². The fourth-order valence-corrected chi connectivity index (χ4v) is 2.93. The Morgan fingerprint density at radius 1 is 1.30 bits per heavy atom. The second kappa shape index (κ2) is 6.75. The minimum absolute atomic E-state index is 0.0275. The molecule has 1 aromatic carbocycles. The van der Waals surface area contributed by atoms with Crippen LogP contribution in [0.1, 0.15) is 49.4 Å². The predicted molar refractivity (Wildman–Crippen MR) is 78.2 cm³/mol. The molecule has 1 fully saturated rings. The van der Waals surface area contributed by atoms with Crippen molar-refractivity contribution >= 4 is 5.78 Å². The lowest BCUT2D eigenvalue weighted by Crippen LogP contribution is -2.38. The first-order valence-corrected chi connectivity index (χ1v) is 7.41. The number of phenolic OH excluding ortho intramolecular Hbond substituents is 2. The highest BCUT2D eigenvalue weighted by molar-refractivity contribution is 6.00. The molecule has 0 aromatic heterocycles. The minimum atomic E-state index is -0.141. The summed E-state index contributed by atoms with van der Waals surface area (Å²) in [6.45, 7) is 3.45. The van der Waals surface area contributed by atoms with E-state index < -0.39 is 0 Å². The van der Waals surface area contributed by atoms with E-state index in [1.807, 2.05) is 0 Å². The van der Waals surface area contributed by atoms with Crippen molar-refractivity contribution in [3.8, 4) is 11.5 Å². The van der Waals surface area contributed by atoms with E-state index in [1.54, 1.807) is 0 Å². The molecule has 1 heterocycles. The maximum Gasteiger partial charge on any atom is 0.180 e. The zero-order chi connectivity index (χ0) is 14.5. The first-order valence-electron chi connectivity index (χ1n) is 7.41. The van der Waals surface area contributed by atoms with E-state index in [4.69, 9.17) is 0 Å². The van der Waals surface area contributed by atoms with Crippen LogP contribution in [0.4, 0.5) is 0 Å². The van der Waals surface area contributed by atoms with Gasteiger partial charge in [0.1, 0.15) is 11.5 Å². The van der Waals surface area contributed by atoms with Gasteiger partial charge in [-0.25, -0.2) is 0 Å². The Morgan fingerprint density at radius 3 is 2.80 bits per heavy atom.